The van der Waals surface area contributed by atoms with Gasteiger partial charge >= 0.3 is 17.9 Å². The lowest BCUT2D eigenvalue weighted by Crippen LogP contribution is -2.34. The summed E-state index contributed by atoms with van der Waals surface area (Å²) in [4.78, 5) is 36.1. The van der Waals surface area contributed by atoms with Crippen molar-refractivity contribution in [2.75, 3.05) is 28.6 Å². The minimum Gasteiger partial charge on any atom is -0.493 e. The van der Waals surface area contributed by atoms with Gasteiger partial charge in [-0.25, -0.2) is 23.4 Å². The quantitative estimate of drug-likeness (QED) is 0.0371. The highest BCUT2D eigenvalue weighted by atomic mass is 32.2. The van der Waals surface area contributed by atoms with Crippen molar-refractivity contribution in [1.82, 2.24) is 20.5 Å². The zero-order valence-electron chi connectivity index (χ0n) is 32.3. The molecule has 0 unspecified atom stereocenters. The number of amides is 3. The van der Waals surface area contributed by atoms with Crippen molar-refractivity contribution in [1.29, 1.82) is 0 Å². The lowest BCUT2D eigenvalue weighted by molar-refractivity contribution is -0.388. The van der Waals surface area contributed by atoms with Crippen molar-refractivity contribution in [3.63, 3.8) is 0 Å². The number of carbonyl (C=O) groups excluding carboxylic acids is 2. The summed E-state index contributed by atoms with van der Waals surface area (Å²) in [6, 6.07) is 23.3. The van der Waals surface area contributed by atoms with Crippen LogP contribution in [-0.4, -0.2) is 48.3 Å². The maximum atomic E-state index is 13.2. The second-order valence-corrected chi connectivity index (χ2v) is 16.2. The van der Waals surface area contributed by atoms with Crippen molar-refractivity contribution in [2.24, 2.45) is 0 Å². The number of hydrogen-bond acceptors (Lipinski definition) is 9. The molecule has 4 aromatic carbocycles. The maximum Gasteiger partial charge on any atom is 0.398 e. The second kappa shape index (κ2) is 17.1. The Kier molecular flexibility index (Phi) is 12.5. The molecule has 1 heterocycles. The minimum atomic E-state index is -4.05. The zero-order chi connectivity index (χ0) is 40.7. The Morgan fingerprint density at radius 1 is 0.857 bits per heavy atom. The molecule has 0 atom stereocenters. The first kappa shape index (κ1) is 41.0. The van der Waals surface area contributed by atoms with Gasteiger partial charge in [0.25, 0.3) is 10.0 Å². The molecule has 16 heteroatoms. The van der Waals surface area contributed by atoms with Crippen molar-refractivity contribution < 1.29 is 27.7 Å². The molecular weight excluding hydrogens is 737 g/mol. The molecule has 56 heavy (non-hydrogen) atoms. The molecule has 0 spiro atoms. The van der Waals surface area contributed by atoms with E-state index in [1.54, 1.807) is 18.2 Å². The van der Waals surface area contributed by atoms with Crippen LogP contribution >= 0.6 is 0 Å². The highest BCUT2D eigenvalue weighted by molar-refractivity contribution is 7.92. The number of nitro groups is 1. The molecule has 0 radical (unpaired) electrons. The van der Waals surface area contributed by atoms with E-state index < -0.39 is 32.8 Å². The number of rotatable bonds is 16. The van der Waals surface area contributed by atoms with E-state index in [9.17, 15) is 28.1 Å². The van der Waals surface area contributed by atoms with Gasteiger partial charge < -0.3 is 25.5 Å². The van der Waals surface area contributed by atoms with Crippen molar-refractivity contribution >= 4 is 55.9 Å². The van der Waals surface area contributed by atoms with Crippen LogP contribution in [-0.2, 0) is 20.9 Å². The fourth-order valence-electron chi connectivity index (χ4n) is 5.73. The molecule has 0 saturated carbocycles. The molecule has 0 fully saturated rings. The number of hydrogen-bond donors (Lipinski definition) is 5. The van der Waals surface area contributed by atoms with Gasteiger partial charge in [-0.05, 0) is 101 Å². The van der Waals surface area contributed by atoms with Crippen LogP contribution in [0.5, 0.6) is 5.75 Å². The summed E-state index contributed by atoms with van der Waals surface area (Å²) in [6.45, 7) is 14.0. The lowest BCUT2D eigenvalue weighted by atomic mass is 9.76. The molecule has 5 rings (SSSR count). The summed E-state index contributed by atoms with van der Waals surface area (Å²) < 4.78 is 36.0. The summed E-state index contributed by atoms with van der Waals surface area (Å²) in [5.41, 5.74) is 8.71. The Morgan fingerprint density at radius 2 is 1.55 bits per heavy atom. The Bertz CT molecular complexity index is 2320. The second-order valence-electron chi connectivity index (χ2n) is 14.5. The van der Waals surface area contributed by atoms with Gasteiger partial charge in [-0.15, -0.1) is 0 Å². The van der Waals surface area contributed by atoms with Crippen LogP contribution in [0.2, 0.25) is 0 Å². The SMILES string of the molecule is CCC(C)(C)c1ccc(OCCCNC(=O)Nc2cccc(S(=O)(=O)Nc3ccc(NNC(=O)n4nc([N+](=O)[O-])c5ccccc54)cc3)c2)c(C(C)(C)CC)c1. The summed E-state index contributed by atoms with van der Waals surface area (Å²) in [5, 5.41) is 20.9. The number of carbonyl (C=O) groups is 2. The summed E-state index contributed by atoms with van der Waals surface area (Å²) in [5.74, 6) is 0.393. The predicted molar refractivity (Wildman–Crippen MR) is 218 cm³/mol. The fourth-order valence-corrected chi connectivity index (χ4v) is 6.83. The largest absolute Gasteiger partial charge is 0.493 e. The topological polar surface area (TPSA) is 199 Å². The zero-order valence-corrected chi connectivity index (χ0v) is 33.1. The van der Waals surface area contributed by atoms with E-state index in [2.05, 4.69) is 91.0 Å². The van der Waals surface area contributed by atoms with Gasteiger partial charge in [0.15, 0.2) is 0 Å². The van der Waals surface area contributed by atoms with E-state index in [1.807, 2.05) is 0 Å². The molecular formula is C40H48N8O7S. The van der Waals surface area contributed by atoms with Gasteiger partial charge in [-0.2, -0.15) is 0 Å². The van der Waals surface area contributed by atoms with E-state index in [-0.39, 0.29) is 38.0 Å². The van der Waals surface area contributed by atoms with Gasteiger partial charge in [0, 0.05) is 23.5 Å². The van der Waals surface area contributed by atoms with Crippen LogP contribution in [0.3, 0.4) is 0 Å². The molecule has 296 valence electrons. The Hall–Kier alpha value is -6.16. The third-order valence-electron chi connectivity index (χ3n) is 9.91. The van der Waals surface area contributed by atoms with E-state index in [4.69, 9.17) is 4.74 Å². The number of nitrogens with zero attached hydrogens (tertiary/aromatic N) is 3. The number of fused-ring (bicyclic) bond motifs is 1. The third kappa shape index (κ3) is 9.73. The smallest absolute Gasteiger partial charge is 0.398 e. The van der Waals surface area contributed by atoms with Gasteiger partial charge in [-0.1, -0.05) is 76.6 Å². The van der Waals surface area contributed by atoms with Crippen molar-refractivity contribution in [3.05, 3.63) is 112 Å². The van der Waals surface area contributed by atoms with Crippen LogP contribution in [0.15, 0.2) is 95.9 Å². The maximum absolute atomic E-state index is 13.2. The van der Waals surface area contributed by atoms with Crippen molar-refractivity contribution in [3.8, 4) is 5.75 Å². The Balaban J connectivity index is 1.11. The number of aromatic nitrogens is 2. The van der Waals surface area contributed by atoms with E-state index in [0.29, 0.717) is 25.3 Å². The first-order valence-corrected chi connectivity index (χ1v) is 19.8. The molecule has 0 aliphatic heterocycles. The molecule has 3 amide bonds. The van der Waals surface area contributed by atoms with Gasteiger partial charge in [0.05, 0.1) is 22.3 Å². The predicted octanol–water partition coefficient (Wildman–Crippen LogP) is 8.30. The van der Waals surface area contributed by atoms with Crippen LogP contribution in [0.1, 0.15) is 71.9 Å². The molecule has 0 aliphatic rings. The fraction of sp³-hybridized carbons (Fsp3) is 0.325. The summed E-state index contributed by atoms with van der Waals surface area (Å²) in [6.07, 6.45) is 2.54. The number of hydrazine groups is 1. The van der Waals surface area contributed by atoms with E-state index in [1.165, 1.54) is 65.7 Å². The van der Waals surface area contributed by atoms with Crippen molar-refractivity contribution in [2.45, 2.75) is 76.5 Å². The van der Waals surface area contributed by atoms with Crippen LogP contribution in [0, 0.1) is 10.1 Å². The highest BCUT2D eigenvalue weighted by Crippen LogP contribution is 2.38. The number of sulfonamides is 1. The van der Waals surface area contributed by atoms with Crippen LogP contribution in [0.25, 0.3) is 10.9 Å². The molecule has 0 bridgehead atoms. The highest BCUT2D eigenvalue weighted by Gasteiger charge is 2.27. The number of urea groups is 1. The van der Waals surface area contributed by atoms with Gasteiger partial charge in [0.1, 0.15) is 16.7 Å². The standard InChI is InChI=1S/C40H48N8O7S/c1-7-39(3,4)27-17-22-35(33(25-27)40(5,6)8-2)55-24-12-23-41-37(49)42-30-13-11-14-31(26-30)56(53,54)46-29-20-18-28(19-21-29)43-44-38(50)47-34-16-10-9-15-32(34)36(45-47)48(51)52/h9-11,13-22,25-26,43,46H,7-8,12,23-24H2,1-6H3,(H,44,50)(H2,41,42,49). The van der Waals surface area contributed by atoms with E-state index in [0.717, 1.165) is 23.3 Å². The molecule has 0 saturated heterocycles. The first-order valence-electron chi connectivity index (χ1n) is 18.3. The monoisotopic (exact) mass is 784 g/mol. The van der Waals surface area contributed by atoms with Crippen LogP contribution < -0.4 is 30.9 Å². The average molecular weight is 785 g/mol. The minimum absolute atomic E-state index is 0.0556. The molecule has 0 aliphatic carbocycles. The number of anilines is 3. The molecule has 5 aromatic rings. The molecule has 5 N–H and O–H groups in total. The van der Waals surface area contributed by atoms with Gasteiger partial charge in [-0.3, -0.25) is 10.1 Å². The summed E-state index contributed by atoms with van der Waals surface area (Å²) >= 11 is 0. The molecule has 1 aromatic heterocycles. The number of ether oxygens (including phenoxy) is 1. The first-order chi connectivity index (χ1) is 26.5. The Morgan fingerprint density at radius 3 is 2.25 bits per heavy atom. The third-order valence-corrected chi connectivity index (χ3v) is 11.3. The molecule has 15 nitrogen and oxygen atoms in total. The number of nitrogens with one attached hydrogen (secondary N) is 5. The van der Waals surface area contributed by atoms with Crippen LogP contribution in [0.4, 0.5) is 32.5 Å². The summed E-state index contributed by atoms with van der Waals surface area (Å²) in [7, 11) is -4.05. The lowest BCUT2D eigenvalue weighted by Gasteiger charge is -2.30. The number of benzene rings is 4. The van der Waals surface area contributed by atoms with E-state index >= 15 is 0 Å². The average Bonchev–Trinajstić information content (AvgIpc) is 3.58. The number of para-hydroxylation sites is 1. The normalized spacial score (nSPS) is 11.8. The Labute approximate surface area is 326 Å². The van der Waals surface area contributed by atoms with Gasteiger partial charge in [0.2, 0.25) is 0 Å².